The number of amides is 1. The van der Waals surface area contributed by atoms with Crippen molar-refractivity contribution in [2.75, 3.05) is 39.4 Å². The summed E-state index contributed by atoms with van der Waals surface area (Å²) in [5, 5.41) is 7.45. The Bertz CT molecular complexity index is 678. The molecule has 1 fully saturated rings. The molecule has 0 aliphatic carbocycles. The third kappa shape index (κ3) is 4.67. The first-order valence-corrected chi connectivity index (χ1v) is 8.95. The molecular weight excluding hydrogens is 316 g/mol. The molecule has 0 unspecified atom stereocenters. The predicted octanol–water partition coefficient (Wildman–Crippen LogP) is 1.56. The minimum Gasteiger partial charge on any atom is -0.379 e. The summed E-state index contributed by atoms with van der Waals surface area (Å²) in [6.45, 7) is 7.67. The van der Waals surface area contributed by atoms with Gasteiger partial charge >= 0.3 is 0 Å². The van der Waals surface area contributed by atoms with E-state index in [1.54, 1.807) is 6.20 Å². The number of morpholine rings is 1. The van der Waals surface area contributed by atoms with E-state index in [1.165, 1.54) is 5.56 Å². The number of hydrogen-bond donors (Lipinski definition) is 1. The average Bonchev–Trinajstić information content (AvgIpc) is 3.06. The van der Waals surface area contributed by atoms with Crippen LogP contribution in [0.25, 0.3) is 0 Å². The van der Waals surface area contributed by atoms with E-state index < -0.39 is 0 Å². The molecule has 134 valence electrons. The lowest BCUT2D eigenvalue weighted by atomic mass is 10.1. The van der Waals surface area contributed by atoms with Crippen LogP contribution in [0.5, 0.6) is 0 Å². The second kappa shape index (κ2) is 8.78. The highest BCUT2D eigenvalue weighted by Crippen LogP contribution is 2.12. The van der Waals surface area contributed by atoms with E-state index in [1.807, 2.05) is 22.9 Å². The van der Waals surface area contributed by atoms with E-state index in [4.69, 9.17) is 4.74 Å². The fraction of sp³-hybridized carbons (Fsp3) is 0.474. The number of ether oxygens (including phenoxy) is 1. The van der Waals surface area contributed by atoms with Crippen molar-refractivity contribution in [3.05, 3.63) is 53.3 Å². The maximum Gasteiger partial charge on any atom is 0.254 e. The largest absolute Gasteiger partial charge is 0.379 e. The first-order valence-electron chi connectivity index (χ1n) is 8.95. The lowest BCUT2D eigenvalue weighted by Crippen LogP contribution is -2.41. The van der Waals surface area contributed by atoms with Gasteiger partial charge in [0.2, 0.25) is 0 Å². The van der Waals surface area contributed by atoms with E-state index in [9.17, 15) is 4.79 Å². The van der Waals surface area contributed by atoms with Gasteiger partial charge in [-0.15, -0.1) is 0 Å². The Morgan fingerprint density at radius 2 is 2.00 bits per heavy atom. The molecule has 0 atom stereocenters. The fourth-order valence-corrected chi connectivity index (χ4v) is 3.11. The SMILES string of the molecule is CCc1c(C(=O)NCCN2CCOCC2)cnn1Cc1ccccc1. The fourth-order valence-electron chi connectivity index (χ4n) is 3.11. The molecule has 0 radical (unpaired) electrons. The van der Waals surface area contributed by atoms with Crippen molar-refractivity contribution in [1.82, 2.24) is 20.0 Å². The first-order chi connectivity index (χ1) is 12.3. The molecule has 0 saturated carbocycles. The van der Waals surface area contributed by atoms with Crippen LogP contribution >= 0.6 is 0 Å². The molecule has 6 heteroatoms. The van der Waals surface area contributed by atoms with Gasteiger partial charge < -0.3 is 10.1 Å². The zero-order valence-corrected chi connectivity index (χ0v) is 14.8. The van der Waals surface area contributed by atoms with Crippen molar-refractivity contribution >= 4 is 5.91 Å². The zero-order valence-electron chi connectivity index (χ0n) is 14.8. The van der Waals surface area contributed by atoms with Crippen LogP contribution in [0.2, 0.25) is 0 Å². The van der Waals surface area contributed by atoms with Gasteiger partial charge in [-0.3, -0.25) is 14.4 Å². The summed E-state index contributed by atoms with van der Waals surface area (Å²) < 4.78 is 7.26. The monoisotopic (exact) mass is 342 g/mol. The van der Waals surface area contributed by atoms with E-state index in [0.29, 0.717) is 18.7 Å². The second-order valence-electron chi connectivity index (χ2n) is 6.21. The van der Waals surface area contributed by atoms with Gasteiger partial charge in [0.05, 0.1) is 37.2 Å². The number of aromatic nitrogens is 2. The normalized spacial score (nSPS) is 15.2. The van der Waals surface area contributed by atoms with Crippen molar-refractivity contribution in [3.8, 4) is 0 Å². The molecule has 1 amide bonds. The number of carbonyl (C=O) groups is 1. The molecule has 0 bridgehead atoms. The summed E-state index contributed by atoms with van der Waals surface area (Å²) in [5.41, 5.74) is 2.84. The molecule has 1 aromatic carbocycles. The van der Waals surface area contributed by atoms with E-state index in [-0.39, 0.29) is 5.91 Å². The van der Waals surface area contributed by atoms with Crippen molar-refractivity contribution < 1.29 is 9.53 Å². The molecule has 1 N–H and O–H groups in total. The van der Waals surface area contributed by atoms with Crippen molar-refractivity contribution in [2.45, 2.75) is 19.9 Å². The number of benzene rings is 1. The van der Waals surface area contributed by atoms with Gasteiger partial charge in [0.1, 0.15) is 0 Å². The summed E-state index contributed by atoms with van der Waals surface area (Å²) in [5.74, 6) is -0.0376. The van der Waals surface area contributed by atoms with Crippen LogP contribution in [0, 0.1) is 0 Å². The minimum atomic E-state index is -0.0376. The molecule has 3 rings (SSSR count). The topological polar surface area (TPSA) is 59.4 Å². The van der Waals surface area contributed by atoms with E-state index >= 15 is 0 Å². The molecule has 2 aromatic rings. The van der Waals surface area contributed by atoms with Crippen LogP contribution in [0.1, 0.15) is 28.5 Å². The number of rotatable bonds is 7. The third-order valence-electron chi connectivity index (χ3n) is 4.52. The van der Waals surface area contributed by atoms with Crippen molar-refractivity contribution in [2.24, 2.45) is 0 Å². The van der Waals surface area contributed by atoms with Gasteiger partial charge in [0, 0.05) is 26.2 Å². The van der Waals surface area contributed by atoms with E-state index in [2.05, 4.69) is 34.4 Å². The Balaban J connectivity index is 1.58. The van der Waals surface area contributed by atoms with E-state index in [0.717, 1.165) is 45.0 Å². The molecule has 2 heterocycles. The van der Waals surface area contributed by atoms with Gasteiger partial charge in [-0.1, -0.05) is 37.3 Å². The highest BCUT2D eigenvalue weighted by molar-refractivity contribution is 5.95. The van der Waals surface area contributed by atoms with Gasteiger partial charge in [-0.2, -0.15) is 5.10 Å². The highest BCUT2D eigenvalue weighted by atomic mass is 16.5. The number of hydrogen-bond acceptors (Lipinski definition) is 4. The first kappa shape index (κ1) is 17.6. The maximum atomic E-state index is 12.5. The van der Waals surface area contributed by atoms with Crippen molar-refractivity contribution in [3.63, 3.8) is 0 Å². The average molecular weight is 342 g/mol. The molecule has 0 spiro atoms. The lowest BCUT2D eigenvalue weighted by molar-refractivity contribution is 0.0383. The molecular formula is C19H26N4O2. The number of nitrogens with zero attached hydrogens (tertiary/aromatic N) is 3. The predicted molar refractivity (Wildman–Crippen MR) is 96.7 cm³/mol. The van der Waals surface area contributed by atoms with Crippen molar-refractivity contribution in [1.29, 1.82) is 0 Å². The molecule has 1 aromatic heterocycles. The summed E-state index contributed by atoms with van der Waals surface area (Å²) in [4.78, 5) is 14.8. The van der Waals surface area contributed by atoms with Gasteiger partial charge in [-0.05, 0) is 12.0 Å². The Morgan fingerprint density at radius 1 is 1.24 bits per heavy atom. The van der Waals surface area contributed by atoms with Crippen LogP contribution < -0.4 is 5.32 Å². The summed E-state index contributed by atoms with van der Waals surface area (Å²) in [6, 6.07) is 10.2. The van der Waals surface area contributed by atoms with Crippen LogP contribution in [-0.2, 0) is 17.7 Å². The standard InChI is InChI=1S/C19H26N4O2/c1-2-18-17(14-21-23(18)15-16-6-4-3-5-7-16)19(24)20-8-9-22-10-12-25-13-11-22/h3-7,14H,2,8-13,15H2,1H3,(H,20,24). The summed E-state index contributed by atoms with van der Waals surface area (Å²) in [6.07, 6.45) is 2.46. The van der Waals surface area contributed by atoms with Gasteiger partial charge in [-0.25, -0.2) is 0 Å². The molecule has 1 aliphatic heterocycles. The van der Waals surface area contributed by atoms with Crippen LogP contribution in [-0.4, -0.2) is 60.0 Å². The smallest absolute Gasteiger partial charge is 0.254 e. The quantitative estimate of drug-likeness (QED) is 0.829. The van der Waals surface area contributed by atoms with Crippen LogP contribution in [0.3, 0.4) is 0 Å². The minimum absolute atomic E-state index is 0.0376. The Labute approximate surface area is 148 Å². The lowest BCUT2D eigenvalue weighted by Gasteiger charge is -2.26. The number of nitrogens with one attached hydrogen (secondary N) is 1. The Kier molecular flexibility index (Phi) is 6.19. The molecule has 25 heavy (non-hydrogen) atoms. The maximum absolute atomic E-state index is 12.5. The number of carbonyl (C=O) groups excluding carboxylic acids is 1. The second-order valence-corrected chi connectivity index (χ2v) is 6.21. The van der Waals surface area contributed by atoms with Crippen LogP contribution in [0.4, 0.5) is 0 Å². The molecule has 1 aliphatic rings. The summed E-state index contributed by atoms with van der Waals surface area (Å²) >= 11 is 0. The summed E-state index contributed by atoms with van der Waals surface area (Å²) in [7, 11) is 0. The van der Waals surface area contributed by atoms with Crippen LogP contribution in [0.15, 0.2) is 36.5 Å². The third-order valence-corrected chi connectivity index (χ3v) is 4.52. The molecule has 1 saturated heterocycles. The zero-order chi connectivity index (χ0) is 17.5. The highest BCUT2D eigenvalue weighted by Gasteiger charge is 2.17. The van der Waals surface area contributed by atoms with Gasteiger partial charge in [0.15, 0.2) is 0 Å². The Morgan fingerprint density at radius 3 is 2.72 bits per heavy atom. The molecule has 6 nitrogen and oxygen atoms in total. The van der Waals surface area contributed by atoms with Gasteiger partial charge in [0.25, 0.3) is 5.91 Å². The Hall–Kier alpha value is -2.18.